The Hall–Kier alpha value is -3.24. The van der Waals surface area contributed by atoms with Crippen LogP contribution in [0.3, 0.4) is 0 Å². The van der Waals surface area contributed by atoms with Crippen molar-refractivity contribution < 1.29 is 31.1 Å². The number of alkyl halides is 3. The molecule has 3 aromatic rings. The van der Waals surface area contributed by atoms with Crippen molar-refractivity contribution in [2.24, 2.45) is 0 Å². The Bertz CT molecular complexity index is 1350. The first-order chi connectivity index (χ1) is 17.9. The van der Waals surface area contributed by atoms with E-state index < -0.39 is 39.2 Å². The van der Waals surface area contributed by atoms with Gasteiger partial charge in [-0.15, -0.1) is 0 Å². The number of hydrogen-bond acceptors (Lipinski definition) is 4. The van der Waals surface area contributed by atoms with Crippen LogP contribution in [0.4, 0.5) is 18.9 Å². The molecular formula is C27H28ClF3N2O4S. The van der Waals surface area contributed by atoms with E-state index in [-0.39, 0.29) is 23.7 Å². The molecule has 1 N–H and O–H groups in total. The summed E-state index contributed by atoms with van der Waals surface area (Å²) in [5, 5.41) is 1.97. The molecule has 11 heteroatoms. The largest absolute Gasteiger partial charge is 0.492 e. The van der Waals surface area contributed by atoms with Crippen LogP contribution >= 0.6 is 11.6 Å². The second-order valence-corrected chi connectivity index (χ2v) is 10.8. The van der Waals surface area contributed by atoms with E-state index in [0.29, 0.717) is 16.1 Å². The van der Waals surface area contributed by atoms with Crippen LogP contribution < -0.4 is 14.4 Å². The number of aryl methyl sites for hydroxylation is 2. The van der Waals surface area contributed by atoms with Crippen LogP contribution in [-0.2, 0) is 27.4 Å². The monoisotopic (exact) mass is 568 g/mol. The van der Waals surface area contributed by atoms with E-state index in [9.17, 15) is 26.4 Å². The minimum Gasteiger partial charge on any atom is -0.492 e. The Labute approximate surface area is 225 Å². The number of anilines is 1. The van der Waals surface area contributed by atoms with Crippen LogP contribution in [0, 0.1) is 6.92 Å². The molecule has 0 unspecified atom stereocenters. The van der Waals surface area contributed by atoms with Gasteiger partial charge < -0.3 is 10.1 Å². The lowest BCUT2D eigenvalue weighted by Gasteiger charge is -2.25. The smallest absolute Gasteiger partial charge is 0.417 e. The Morgan fingerprint density at radius 1 is 1.03 bits per heavy atom. The van der Waals surface area contributed by atoms with Crippen molar-refractivity contribution in [3.8, 4) is 5.75 Å². The Balaban J connectivity index is 1.76. The molecule has 0 aliphatic rings. The van der Waals surface area contributed by atoms with Crippen LogP contribution in [0.15, 0.2) is 71.6 Å². The Morgan fingerprint density at radius 3 is 2.29 bits per heavy atom. The van der Waals surface area contributed by atoms with Gasteiger partial charge in [-0.05, 0) is 61.4 Å². The summed E-state index contributed by atoms with van der Waals surface area (Å²) in [6.07, 6.45) is -2.84. The number of carbonyl (C=O) groups excluding carboxylic acids is 1. The summed E-state index contributed by atoms with van der Waals surface area (Å²) in [6, 6.07) is 16.0. The second-order valence-electron chi connectivity index (χ2n) is 8.58. The quantitative estimate of drug-likeness (QED) is 0.287. The van der Waals surface area contributed by atoms with E-state index in [1.807, 2.05) is 24.3 Å². The first kappa shape index (κ1) is 29.3. The first-order valence-electron chi connectivity index (χ1n) is 11.9. The predicted octanol–water partition coefficient (Wildman–Crippen LogP) is 6.01. The molecule has 0 saturated carbocycles. The van der Waals surface area contributed by atoms with Crippen molar-refractivity contribution in [1.29, 1.82) is 0 Å². The normalized spacial score (nSPS) is 11.7. The van der Waals surface area contributed by atoms with Crippen LogP contribution in [-0.4, -0.2) is 34.0 Å². The minimum atomic E-state index is -4.82. The number of rotatable bonds is 11. The summed E-state index contributed by atoms with van der Waals surface area (Å²) in [6.45, 7) is 3.27. The van der Waals surface area contributed by atoms with Gasteiger partial charge in [-0.1, -0.05) is 54.8 Å². The van der Waals surface area contributed by atoms with Crippen molar-refractivity contribution in [2.75, 3.05) is 24.0 Å². The number of benzene rings is 3. The molecule has 204 valence electrons. The molecule has 0 bridgehead atoms. The summed E-state index contributed by atoms with van der Waals surface area (Å²) in [5.74, 6) is -0.102. The van der Waals surface area contributed by atoms with Gasteiger partial charge in [0.25, 0.3) is 10.0 Å². The van der Waals surface area contributed by atoms with Gasteiger partial charge in [0.2, 0.25) is 5.91 Å². The third-order valence-corrected chi connectivity index (χ3v) is 7.71. The number of hydrogen-bond donors (Lipinski definition) is 1. The highest BCUT2D eigenvalue weighted by molar-refractivity contribution is 7.92. The number of carbonyl (C=O) groups is 1. The van der Waals surface area contributed by atoms with Crippen molar-refractivity contribution in [1.82, 2.24) is 5.32 Å². The zero-order chi connectivity index (χ0) is 27.9. The molecule has 3 aromatic carbocycles. The fourth-order valence-corrected chi connectivity index (χ4v) is 5.26. The van der Waals surface area contributed by atoms with Gasteiger partial charge in [0.15, 0.2) is 0 Å². The highest BCUT2D eigenvalue weighted by Crippen LogP contribution is 2.38. The molecule has 0 atom stereocenters. The molecule has 3 rings (SSSR count). The summed E-state index contributed by atoms with van der Waals surface area (Å²) in [4.78, 5) is 12.5. The van der Waals surface area contributed by atoms with Gasteiger partial charge in [0, 0.05) is 0 Å². The molecule has 0 aliphatic heterocycles. The molecule has 0 fully saturated rings. The molecule has 0 heterocycles. The number of ether oxygens (including phenoxy) is 1. The van der Waals surface area contributed by atoms with E-state index in [2.05, 4.69) is 12.2 Å². The van der Waals surface area contributed by atoms with Crippen LogP contribution in [0.5, 0.6) is 5.75 Å². The summed E-state index contributed by atoms with van der Waals surface area (Å²) in [5.41, 5.74) is 0.415. The molecule has 0 aliphatic carbocycles. The third kappa shape index (κ3) is 7.64. The van der Waals surface area contributed by atoms with Gasteiger partial charge >= 0.3 is 6.18 Å². The fraction of sp³-hybridized carbons (Fsp3) is 0.296. The Morgan fingerprint density at radius 2 is 1.68 bits per heavy atom. The first-order valence-corrected chi connectivity index (χ1v) is 13.7. The maximum Gasteiger partial charge on any atom is 0.417 e. The molecule has 0 radical (unpaired) electrons. The van der Waals surface area contributed by atoms with Gasteiger partial charge in [-0.25, -0.2) is 8.42 Å². The topological polar surface area (TPSA) is 75.7 Å². The van der Waals surface area contributed by atoms with Crippen molar-refractivity contribution in [3.05, 3.63) is 88.4 Å². The van der Waals surface area contributed by atoms with E-state index in [0.717, 1.165) is 30.5 Å². The van der Waals surface area contributed by atoms with E-state index in [4.69, 9.17) is 16.3 Å². The highest BCUT2D eigenvalue weighted by atomic mass is 35.5. The van der Waals surface area contributed by atoms with Crippen molar-refractivity contribution >= 4 is 33.2 Å². The molecule has 0 aromatic heterocycles. The molecule has 38 heavy (non-hydrogen) atoms. The molecule has 6 nitrogen and oxygen atoms in total. The van der Waals surface area contributed by atoms with E-state index >= 15 is 0 Å². The SMILES string of the molecule is CCCc1ccc(OCCNC(=O)CN(c2ccc(Cl)c(C(F)(F)F)c2)S(=O)(=O)c2ccc(C)cc2)cc1. The third-order valence-electron chi connectivity index (χ3n) is 5.59. The summed E-state index contributed by atoms with van der Waals surface area (Å²) >= 11 is 5.72. The number of amides is 1. The number of nitrogens with one attached hydrogen (secondary N) is 1. The van der Waals surface area contributed by atoms with E-state index in [1.54, 1.807) is 19.1 Å². The van der Waals surface area contributed by atoms with Gasteiger partial charge in [-0.2, -0.15) is 13.2 Å². The maximum absolute atomic E-state index is 13.5. The average Bonchev–Trinajstić information content (AvgIpc) is 2.86. The molecule has 0 spiro atoms. The number of halogens is 4. The van der Waals surface area contributed by atoms with Gasteiger partial charge in [-0.3, -0.25) is 9.10 Å². The second kappa shape index (κ2) is 12.5. The van der Waals surface area contributed by atoms with Gasteiger partial charge in [0.1, 0.15) is 18.9 Å². The fourth-order valence-electron chi connectivity index (χ4n) is 3.62. The van der Waals surface area contributed by atoms with Crippen LogP contribution in [0.2, 0.25) is 5.02 Å². The maximum atomic E-state index is 13.5. The van der Waals surface area contributed by atoms with E-state index in [1.165, 1.54) is 17.7 Å². The summed E-state index contributed by atoms with van der Waals surface area (Å²) < 4.78 is 73.5. The number of sulfonamides is 1. The Kier molecular flexibility index (Phi) is 9.67. The number of nitrogens with zero attached hydrogens (tertiary/aromatic N) is 1. The lowest BCUT2D eigenvalue weighted by molar-refractivity contribution is -0.137. The van der Waals surface area contributed by atoms with Crippen LogP contribution in [0.25, 0.3) is 0 Å². The molecular weight excluding hydrogens is 541 g/mol. The standard InChI is InChI=1S/C27H28ClF3N2O4S/c1-3-4-20-7-10-22(11-8-20)37-16-15-32-26(34)18-33(38(35,36)23-12-5-19(2)6-13-23)21-9-14-25(28)24(17-21)27(29,30)31/h5-14,17H,3-4,15-16,18H2,1-2H3,(H,32,34). The van der Waals surface area contributed by atoms with Crippen molar-refractivity contribution in [2.45, 2.75) is 37.8 Å². The van der Waals surface area contributed by atoms with Crippen molar-refractivity contribution in [3.63, 3.8) is 0 Å². The average molecular weight is 569 g/mol. The summed E-state index contributed by atoms with van der Waals surface area (Å²) in [7, 11) is -4.39. The predicted molar refractivity (Wildman–Crippen MR) is 141 cm³/mol. The van der Waals surface area contributed by atoms with Gasteiger partial charge in [0.05, 0.1) is 27.7 Å². The zero-order valence-corrected chi connectivity index (χ0v) is 22.5. The molecule has 1 amide bonds. The highest BCUT2D eigenvalue weighted by Gasteiger charge is 2.35. The molecule has 0 saturated heterocycles. The lowest BCUT2D eigenvalue weighted by Crippen LogP contribution is -2.42. The zero-order valence-electron chi connectivity index (χ0n) is 20.9. The van der Waals surface area contributed by atoms with Crippen LogP contribution in [0.1, 0.15) is 30.0 Å². The minimum absolute atomic E-state index is 0.0579. The lowest BCUT2D eigenvalue weighted by atomic mass is 10.1.